The highest BCUT2D eigenvalue weighted by Gasteiger charge is 1.96. The summed E-state index contributed by atoms with van der Waals surface area (Å²) >= 11 is 0. The average Bonchev–Trinajstić information content (AvgIpc) is 2.71. The lowest BCUT2D eigenvalue weighted by molar-refractivity contribution is 0.684. The van der Waals surface area contributed by atoms with Gasteiger partial charge in [0.1, 0.15) is 12.7 Å². The van der Waals surface area contributed by atoms with E-state index in [1.54, 1.807) is 12.7 Å². The van der Waals surface area contributed by atoms with Crippen molar-refractivity contribution in [3.63, 3.8) is 0 Å². The van der Waals surface area contributed by atoms with Gasteiger partial charge in [0.05, 0.1) is 6.54 Å². The lowest BCUT2D eigenvalue weighted by atomic mass is 10.1. The molecule has 2 rings (SSSR count). The van der Waals surface area contributed by atoms with Crippen molar-refractivity contribution >= 4 is 0 Å². The van der Waals surface area contributed by atoms with Gasteiger partial charge in [-0.2, -0.15) is 5.10 Å². The van der Waals surface area contributed by atoms with Crippen LogP contribution in [0.2, 0.25) is 0 Å². The molecule has 14 heavy (non-hydrogen) atoms. The number of nitrogens with zero attached hydrogens (tertiary/aromatic N) is 3. The molecule has 0 aliphatic carbocycles. The third kappa shape index (κ3) is 1.99. The molecule has 0 aliphatic heterocycles. The standard InChI is InChI=1S/C11H13N3/c1-2-10-4-3-5-11(6-10)7-14-9-12-8-13-14/h3-6,8-9H,2,7H2,1H3. The van der Waals surface area contributed by atoms with Crippen molar-refractivity contribution in [2.75, 3.05) is 0 Å². The van der Waals surface area contributed by atoms with Crippen LogP contribution >= 0.6 is 0 Å². The van der Waals surface area contributed by atoms with Crippen LogP contribution in [-0.4, -0.2) is 14.8 Å². The topological polar surface area (TPSA) is 30.7 Å². The quantitative estimate of drug-likeness (QED) is 0.734. The van der Waals surface area contributed by atoms with Gasteiger partial charge < -0.3 is 0 Å². The maximum absolute atomic E-state index is 4.07. The van der Waals surface area contributed by atoms with Gasteiger partial charge in [-0.15, -0.1) is 0 Å². The zero-order valence-electron chi connectivity index (χ0n) is 8.22. The first-order chi connectivity index (χ1) is 6.88. The van der Waals surface area contributed by atoms with Crippen molar-refractivity contribution in [2.24, 2.45) is 0 Å². The number of rotatable bonds is 3. The Balaban J connectivity index is 2.17. The molecule has 2 aromatic rings. The van der Waals surface area contributed by atoms with Crippen molar-refractivity contribution in [1.29, 1.82) is 0 Å². The zero-order valence-corrected chi connectivity index (χ0v) is 8.22. The summed E-state index contributed by atoms with van der Waals surface area (Å²) in [6, 6.07) is 8.55. The normalized spacial score (nSPS) is 10.4. The first-order valence-electron chi connectivity index (χ1n) is 4.78. The molecule has 0 spiro atoms. The SMILES string of the molecule is CCc1cccc(Cn2cncn2)c1. The van der Waals surface area contributed by atoms with E-state index in [9.17, 15) is 0 Å². The highest BCUT2D eigenvalue weighted by molar-refractivity contribution is 5.23. The molecule has 0 aliphatic rings. The summed E-state index contributed by atoms with van der Waals surface area (Å²) in [7, 11) is 0. The lowest BCUT2D eigenvalue weighted by Crippen LogP contribution is -2.00. The highest BCUT2D eigenvalue weighted by Crippen LogP contribution is 2.06. The third-order valence-electron chi connectivity index (χ3n) is 2.21. The Bertz CT molecular complexity index is 393. The predicted octanol–water partition coefficient (Wildman–Crippen LogP) is 1.89. The van der Waals surface area contributed by atoms with Crippen molar-refractivity contribution in [3.8, 4) is 0 Å². The van der Waals surface area contributed by atoms with E-state index in [1.165, 1.54) is 11.1 Å². The van der Waals surface area contributed by atoms with Crippen LogP contribution < -0.4 is 0 Å². The summed E-state index contributed by atoms with van der Waals surface area (Å²) in [6.07, 6.45) is 4.37. The fourth-order valence-electron chi connectivity index (χ4n) is 1.45. The van der Waals surface area contributed by atoms with Crippen LogP contribution in [0.25, 0.3) is 0 Å². The Morgan fingerprint density at radius 3 is 2.86 bits per heavy atom. The number of benzene rings is 1. The lowest BCUT2D eigenvalue weighted by Gasteiger charge is -2.03. The zero-order chi connectivity index (χ0) is 9.80. The van der Waals surface area contributed by atoms with Crippen LogP contribution in [0, 0.1) is 0 Å². The Morgan fingerprint density at radius 1 is 1.29 bits per heavy atom. The van der Waals surface area contributed by atoms with Crippen LogP contribution in [0.5, 0.6) is 0 Å². The number of hydrogen-bond donors (Lipinski definition) is 0. The van der Waals surface area contributed by atoms with Crippen molar-refractivity contribution in [1.82, 2.24) is 14.8 Å². The minimum Gasteiger partial charge on any atom is -0.249 e. The van der Waals surface area contributed by atoms with Gasteiger partial charge in [0.25, 0.3) is 0 Å². The van der Waals surface area contributed by atoms with Crippen LogP contribution in [0.4, 0.5) is 0 Å². The molecule has 1 heterocycles. The fourth-order valence-corrected chi connectivity index (χ4v) is 1.45. The number of aromatic nitrogens is 3. The Hall–Kier alpha value is -1.64. The predicted molar refractivity (Wildman–Crippen MR) is 54.9 cm³/mol. The molecule has 1 aromatic heterocycles. The Labute approximate surface area is 83.4 Å². The van der Waals surface area contributed by atoms with E-state index in [4.69, 9.17) is 0 Å². The van der Waals surface area contributed by atoms with Gasteiger partial charge in [-0.3, -0.25) is 0 Å². The molecule has 3 heteroatoms. The number of hydrogen-bond acceptors (Lipinski definition) is 2. The van der Waals surface area contributed by atoms with Gasteiger partial charge in [-0.05, 0) is 17.5 Å². The minimum atomic E-state index is 0.799. The van der Waals surface area contributed by atoms with Gasteiger partial charge in [-0.25, -0.2) is 9.67 Å². The van der Waals surface area contributed by atoms with Crippen LogP contribution in [0.1, 0.15) is 18.1 Å². The van der Waals surface area contributed by atoms with E-state index in [0.29, 0.717) is 0 Å². The number of aryl methyl sites for hydroxylation is 1. The maximum atomic E-state index is 4.07. The fraction of sp³-hybridized carbons (Fsp3) is 0.273. The maximum Gasteiger partial charge on any atom is 0.137 e. The molecule has 0 N–H and O–H groups in total. The second-order valence-corrected chi connectivity index (χ2v) is 3.27. The molecule has 3 nitrogen and oxygen atoms in total. The summed E-state index contributed by atoms with van der Waals surface area (Å²) in [5.74, 6) is 0. The van der Waals surface area contributed by atoms with E-state index >= 15 is 0 Å². The first kappa shape index (κ1) is 8.94. The Kier molecular flexibility index (Phi) is 2.58. The summed E-state index contributed by atoms with van der Waals surface area (Å²) in [6.45, 7) is 2.96. The van der Waals surface area contributed by atoms with E-state index < -0.39 is 0 Å². The molecule has 0 atom stereocenters. The van der Waals surface area contributed by atoms with Crippen LogP contribution in [-0.2, 0) is 13.0 Å². The molecule has 0 amide bonds. The molecule has 0 fully saturated rings. The third-order valence-corrected chi connectivity index (χ3v) is 2.21. The van der Waals surface area contributed by atoms with E-state index in [0.717, 1.165) is 13.0 Å². The van der Waals surface area contributed by atoms with E-state index in [-0.39, 0.29) is 0 Å². The van der Waals surface area contributed by atoms with Gasteiger partial charge in [0.15, 0.2) is 0 Å². The molecule has 72 valence electrons. The monoisotopic (exact) mass is 187 g/mol. The van der Waals surface area contributed by atoms with E-state index in [1.807, 2.05) is 4.68 Å². The van der Waals surface area contributed by atoms with Crippen LogP contribution in [0.3, 0.4) is 0 Å². The van der Waals surface area contributed by atoms with Gasteiger partial charge in [0, 0.05) is 0 Å². The smallest absolute Gasteiger partial charge is 0.137 e. The van der Waals surface area contributed by atoms with E-state index in [2.05, 4.69) is 41.3 Å². The summed E-state index contributed by atoms with van der Waals surface area (Å²) in [5.41, 5.74) is 2.64. The molecule has 1 aromatic carbocycles. The molecule has 0 radical (unpaired) electrons. The second kappa shape index (κ2) is 4.05. The molecular weight excluding hydrogens is 174 g/mol. The van der Waals surface area contributed by atoms with Crippen LogP contribution in [0.15, 0.2) is 36.9 Å². The minimum absolute atomic E-state index is 0.799. The summed E-state index contributed by atoms with van der Waals surface area (Å²) in [4.78, 5) is 3.91. The Morgan fingerprint density at radius 2 is 2.14 bits per heavy atom. The van der Waals surface area contributed by atoms with Crippen molar-refractivity contribution < 1.29 is 0 Å². The van der Waals surface area contributed by atoms with Gasteiger partial charge >= 0.3 is 0 Å². The molecule has 0 saturated carbocycles. The molecule has 0 bridgehead atoms. The molecule has 0 unspecified atom stereocenters. The summed E-state index contributed by atoms with van der Waals surface area (Å²) < 4.78 is 1.83. The highest BCUT2D eigenvalue weighted by atomic mass is 15.3. The first-order valence-corrected chi connectivity index (χ1v) is 4.78. The van der Waals surface area contributed by atoms with Gasteiger partial charge in [0.2, 0.25) is 0 Å². The largest absolute Gasteiger partial charge is 0.249 e. The molecular formula is C11H13N3. The van der Waals surface area contributed by atoms with Crippen molar-refractivity contribution in [2.45, 2.75) is 19.9 Å². The average molecular weight is 187 g/mol. The van der Waals surface area contributed by atoms with Crippen molar-refractivity contribution in [3.05, 3.63) is 48.0 Å². The summed E-state index contributed by atoms with van der Waals surface area (Å²) in [5, 5.41) is 4.07. The van der Waals surface area contributed by atoms with Gasteiger partial charge in [-0.1, -0.05) is 31.2 Å². The molecule has 0 saturated heterocycles. The second-order valence-electron chi connectivity index (χ2n) is 3.27.